The molecule has 0 fully saturated rings. The van der Waals surface area contributed by atoms with Gasteiger partial charge in [0.1, 0.15) is 17.3 Å². The number of ether oxygens (including phenoxy) is 1. The summed E-state index contributed by atoms with van der Waals surface area (Å²) < 4.78 is 5.18. The van der Waals surface area contributed by atoms with Crippen LogP contribution in [-0.2, 0) is 6.42 Å². The van der Waals surface area contributed by atoms with E-state index in [9.17, 15) is 4.79 Å². The van der Waals surface area contributed by atoms with Gasteiger partial charge >= 0.3 is 0 Å². The molecule has 6 nitrogen and oxygen atoms in total. The Labute approximate surface area is 162 Å². The zero-order chi connectivity index (χ0) is 19.1. The van der Waals surface area contributed by atoms with Gasteiger partial charge in [0.2, 0.25) is 0 Å². The van der Waals surface area contributed by atoms with Crippen molar-refractivity contribution in [2.45, 2.75) is 6.42 Å². The van der Waals surface area contributed by atoms with Crippen molar-refractivity contribution in [3.63, 3.8) is 0 Å². The van der Waals surface area contributed by atoms with Gasteiger partial charge in [0.15, 0.2) is 0 Å². The van der Waals surface area contributed by atoms with Crippen LogP contribution < -0.4 is 15.4 Å². The molecule has 7 heteroatoms. The number of halogens is 1. The Morgan fingerprint density at radius 2 is 1.96 bits per heavy atom. The van der Waals surface area contributed by atoms with E-state index >= 15 is 0 Å². The average Bonchev–Trinajstić information content (AvgIpc) is 2.69. The minimum Gasteiger partial charge on any atom is -0.497 e. The number of amides is 1. The van der Waals surface area contributed by atoms with Crippen molar-refractivity contribution in [1.82, 2.24) is 15.3 Å². The third-order valence-electron chi connectivity index (χ3n) is 3.81. The summed E-state index contributed by atoms with van der Waals surface area (Å²) in [6, 6.07) is 15.0. The molecule has 27 heavy (non-hydrogen) atoms. The highest BCUT2D eigenvalue weighted by Gasteiger charge is 2.08. The first kappa shape index (κ1) is 18.7. The molecule has 1 heterocycles. The Morgan fingerprint density at radius 1 is 1.11 bits per heavy atom. The van der Waals surface area contributed by atoms with Crippen LogP contribution in [0.4, 0.5) is 11.5 Å². The number of anilines is 2. The first-order chi connectivity index (χ1) is 13.1. The zero-order valence-electron chi connectivity index (χ0n) is 14.8. The summed E-state index contributed by atoms with van der Waals surface area (Å²) in [5.41, 5.74) is 2.14. The average molecular weight is 383 g/mol. The van der Waals surface area contributed by atoms with Crippen molar-refractivity contribution in [3.8, 4) is 5.75 Å². The standard InChI is InChI=1S/C20H19ClN4O2/c1-27-17-7-3-6-16(11-17)25-19-13-23-18(12-24-19)20(26)22-9-8-14-4-2-5-15(21)10-14/h2-7,10-13H,8-9H2,1H3,(H,22,26)(H,24,25). The maximum absolute atomic E-state index is 12.2. The zero-order valence-corrected chi connectivity index (χ0v) is 15.5. The minimum absolute atomic E-state index is 0.261. The summed E-state index contributed by atoms with van der Waals surface area (Å²) >= 11 is 5.95. The Kier molecular flexibility index (Phi) is 6.22. The molecule has 0 saturated heterocycles. The third-order valence-corrected chi connectivity index (χ3v) is 4.05. The number of aromatic nitrogens is 2. The Hall–Kier alpha value is -3.12. The second-order valence-electron chi connectivity index (χ2n) is 5.78. The van der Waals surface area contributed by atoms with E-state index in [1.807, 2.05) is 48.5 Å². The highest BCUT2D eigenvalue weighted by atomic mass is 35.5. The van der Waals surface area contributed by atoms with E-state index in [0.29, 0.717) is 23.8 Å². The molecule has 0 radical (unpaired) electrons. The lowest BCUT2D eigenvalue weighted by molar-refractivity contribution is 0.0949. The summed E-state index contributed by atoms with van der Waals surface area (Å²) in [7, 11) is 1.61. The second kappa shape index (κ2) is 9.00. The summed E-state index contributed by atoms with van der Waals surface area (Å²) in [6.07, 6.45) is 3.65. The summed E-state index contributed by atoms with van der Waals surface area (Å²) in [4.78, 5) is 20.6. The van der Waals surface area contributed by atoms with E-state index < -0.39 is 0 Å². The van der Waals surface area contributed by atoms with E-state index in [-0.39, 0.29) is 11.6 Å². The molecule has 3 aromatic rings. The number of rotatable bonds is 7. The fraction of sp³-hybridized carbons (Fsp3) is 0.150. The van der Waals surface area contributed by atoms with Crippen LogP contribution in [0.3, 0.4) is 0 Å². The molecular formula is C20H19ClN4O2. The Morgan fingerprint density at radius 3 is 2.70 bits per heavy atom. The molecule has 0 bridgehead atoms. The van der Waals surface area contributed by atoms with Gasteiger partial charge in [-0.2, -0.15) is 0 Å². The maximum Gasteiger partial charge on any atom is 0.271 e. The van der Waals surface area contributed by atoms with Crippen LogP contribution in [0, 0.1) is 0 Å². The molecular weight excluding hydrogens is 364 g/mol. The van der Waals surface area contributed by atoms with Gasteiger partial charge in [0.05, 0.1) is 19.5 Å². The predicted octanol–water partition coefficient (Wildman–Crippen LogP) is 3.85. The molecule has 0 spiro atoms. The molecule has 1 aromatic heterocycles. The normalized spacial score (nSPS) is 10.3. The van der Waals surface area contributed by atoms with Gasteiger partial charge in [-0.25, -0.2) is 9.97 Å². The number of carbonyl (C=O) groups excluding carboxylic acids is 1. The summed E-state index contributed by atoms with van der Waals surface area (Å²) in [5, 5.41) is 6.63. The Balaban J connectivity index is 1.53. The molecule has 138 valence electrons. The molecule has 1 amide bonds. The monoisotopic (exact) mass is 382 g/mol. The van der Waals surface area contributed by atoms with E-state index in [1.54, 1.807) is 7.11 Å². The van der Waals surface area contributed by atoms with E-state index in [0.717, 1.165) is 17.0 Å². The van der Waals surface area contributed by atoms with E-state index in [1.165, 1.54) is 12.4 Å². The van der Waals surface area contributed by atoms with Crippen molar-refractivity contribution in [1.29, 1.82) is 0 Å². The molecule has 0 aliphatic carbocycles. The fourth-order valence-corrected chi connectivity index (χ4v) is 2.67. The molecule has 0 unspecified atom stereocenters. The second-order valence-corrected chi connectivity index (χ2v) is 6.22. The number of hydrogen-bond acceptors (Lipinski definition) is 5. The fourth-order valence-electron chi connectivity index (χ4n) is 2.46. The number of hydrogen-bond donors (Lipinski definition) is 2. The topological polar surface area (TPSA) is 76.1 Å². The van der Waals surface area contributed by atoms with E-state index in [4.69, 9.17) is 16.3 Å². The largest absolute Gasteiger partial charge is 0.497 e. The van der Waals surface area contributed by atoms with Gasteiger partial charge in [-0.15, -0.1) is 0 Å². The van der Waals surface area contributed by atoms with Crippen molar-refractivity contribution < 1.29 is 9.53 Å². The van der Waals surface area contributed by atoms with E-state index in [2.05, 4.69) is 20.6 Å². The molecule has 0 aliphatic rings. The van der Waals surface area contributed by atoms with Crippen LogP contribution in [0.15, 0.2) is 60.9 Å². The minimum atomic E-state index is -0.266. The van der Waals surface area contributed by atoms with Gasteiger partial charge < -0.3 is 15.4 Å². The third kappa shape index (κ3) is 5.43. The highest BCUT2D eigenvalue weighted by Crippen LogP contribution is 2.19. The van der Waals surface area contributed by atoms with Crippen molar-refractivity contribution in [3.05, 3.63) is 77.2 Å². The first-order valence-electron chi connectivity index (χ1n) is 8.40. The van der Waals surface area contributed by atoms with Gasteiger partial charge in [0.25, 0.3) is 5.91 Å². The Bertz CT molecular complexity index is 916. The van der Waals surface area contributed by atoms with Crippen LogP contribution in [0.5, 0.6) is 5.75 Å². The number of nitrogens with zero attached hydrogens (tertiary/aromatic N) is 2. The number of methoxy groups -OCH3 is 1. The summed E-state index contributed by atoms with van der Waals surface area (Å²) in [5.74, 6) is 1.01. The molecule has 2 N–H and O–H groups in total. The van der Waals surface area contributed by atoms with Crippen LogP contribution in [0.1, 0.15) is 16.1 Å². The maximum atomic E-state index is 12.2. The van der Waals surface area contributed by atoms with Gasteiger partial charge in [-0.1, -0.05) is 29.8 Å². The SMILES string of the molecule is COc1cccc(Nc2cnc(C(=O)NCCc3cccc(Cl)c3)cn2)c1. The van der Waals surface area contributed by atoms with Gasteiger partial charge in [0, 0.05) is 23.3 Å². The molecule has 3 rings (SSSR count). The lowest BCUT2D eigenvalue weighted by atomic mass is 10.1. The van der Waals surface area contributed by atoms with Crippen LogP contribution >= 0.6 is 11.6 Å². The van der Waals surface area contributed by atoms with Crippen molar-refractivity contribution >= 4 is 29.0 Å². The highest BCUT2D eigenvalue weighted by molar-refractivity contribution is 6.30. The smallest absolute Gasteiger partial charge is 0.271 e. The molecule has 0 atom stereocenters. The van der Waals surface area contributed by atoms with Gasteiger partial charge in [-0.05, 0) is 36.2 Å². The quantitative estimate of drug-likeness (QED) is 0.649. The van der Waals surface area contributed by atoms with Crippen LogP contribution in [0.25, 0.3) is 0 Å². The van der Waals surface area contributed by atoms with Gasteiger partial charge in [-0.3, -0.25) is 4.79 Å². The summed E-state index contributed by atoms with van der Waals surface area (Å²) in [6.45, 7) is 0.491. The first-order valence-corrected chi connectivity index (χ1v) is 8.77. The molecule has 2 aromatic carbocycles. The molecule has 0 saturated carbocycles. The number of nitrogens with one attached hydrogen (secondary N) is 2. The number of benzene rings is 2. The van der Waals surface area contributed by atoms with Crippen molar-refractivity contribution in [2.75, 3.05) is 19.0 Å². The van der Waals surface area contributed by atoms with Crippen LogP contribution in [0.2, 0.25) is 5.02 Å². The van der Waals surface area contributed by atoms with Crippen LogP contribution in [-0.4, -0.2) is 29.5 Å². The van der Waals surface area contributed by atoms with Crippen molar-refractivity contribution in [2.24, 2.45) is 0 Å². The lowest BCUT2D eigenvalue weighted by Crippen LogP contribution is -2.26. The predicted molar refractivity (Wildman–Crippen MR) is 106 cm³/mol. The molecule has 0 aliphatic heterocycles. The number of carbonyl (C=O) groups is 1. The lowest BCUT2D eigenvalue weighted by Gasteiger charge is -2.08.